The predicted molar refractivity (Wildman–Crippen MR) is 119 cm³/mol. The Bertz CT molecular complexity index is 1470. The standard InChI is InChI=1S/C21H16N2O7S2/c1-12-5-4-7-14-11-17(31-30-29-25)19(20(24)18(12)14)23-22-16-10-9-13-6-2-3-8-15(13)21(16)32(26,27)28/h2-11,24-25H,1H3,(H,26,27,28)/b23-22-. The van der Waals surface area contributed by atoms with Crippen molar-refractivity contribution in [1.82, 2.24) is 0 Å². The smallest absolute Gasteiger partial charge is 0.297 e. The van der Waals surface area contributed by atoms with Gasteiger partial charge in [-0.1, -0.05) is 53.6 Å². The summed E-state index contributed by atoms with van der Waals surface area (Å²) >= 11 is 0.576. The Morgan fingerprint density at radius 3 is 2.47 bits per heavy atom. The number of phenols is 1. The van der Waals surface area contributed by atoms with E-state index in [1.807, 2.05) is 19.1 Å². The highest BCUT2D eigenvalue weighted by Gasteiger charge is 2.21. The van der Waals surface area contributed by atoms with Gasteiger partial charge >= 0.3 is 0 Å². The molecule has 11 heteroatoms. The summed E-state index contributed by atoms with van der Waals surface area (Å²) in [5.41, 5.74) is 0.616. The van der Waals surface area contributed by atoms with Crippen molar-refractivity contribution in [3.63, 3.8) is 0 Å². The van der Waals surface area contributed by atoms with Gasteiger partial charge in [-0.25, -0.2) is 5.26 Å². The molecule has 0 radical (unpaired) electrons. The second-order valence-electron chi connectivity index (χ2n) is 6.78. The molecule has 164 valence electrons. The molecule has 4 aromatic rings. The quantitative estimate of drug-likeness (QED) is 0.101. The van der Waals surface area contributed by atoms with Crippen LogP contribution in [0.1, 0.15) is 5.56 Å². The zero-order valence-electron chi connectivity index (χ0n) is 16.5. The zero-order valence-corrected chi connectivity index (χ0v) is 18.1. The topological polar surface area (TPSA) is 138 Å². The van der Waals surface area contributed by atoms with E-state index in [0.717, 1.165) is 5.56 Å². The Morgan fingerprint density at radius 2 is 1.72 bits per heavy atom. The predicted octanol–water partition coefficient (Wildman–Crippen LogP) is 6.10. The third-order valence-electron chi connectivity index (χ3n) is 4.81. The van der Waals surface area contributed by atoms with Crippen molar-refractivity contribution in [1.29, 1.82) is 0 Å². The molecule has 0 atom stereocenters. The average molecular weight is 473 g/mol. The fourth-order valence-corrected chi connectivity index (χ4v) is 4.81. The van der Waals surface area contributed by atoms with Crippen LogP contribution in [0.3, 0.4) is 0 Å². The van der Waals surface area contributed by atoms with Crippen LogP contribution in [0.2, 0.25) is 0 Å². The fourth-order valence-electron chi connectivity index (χ4n) is 3.48. The maximum absolute atomic E-state index is 12.1. The van der Waals surface area contributed by atoms with Gasteiger partial charge in [0.05, 0.1) is 16.9 Å². The number of hydrogen-bond donors (Lipinski definition) is 3. The average Bonchev–Trinajstić information content (AvgIpc) is 2.75. The number of nitrogens with zero attached hydrogens (tertiary/aromatic N) is 2. The molecule has 0 saturated heterocycles. The lowest BCUT2D eigenvalue weighted by Crippen LogP contribution is -1.99. The molecule has 32 heavy (non-hydrogen) atoms. The van der Waals surface area contributed by atoms with E-state index < -0.39 is 15.0 Å². The highest BCUT2D eigenvalue weighted by atomic mass is 32.2. The van der Waals surface area contributed by atoms with Crippen LogP contribution in [0.5, 0.6) is 5.75 Å². The Morgan fingerprint density at radius 1 is 0.969 bits per heavy atom. The molecule has 0 aliphatic heterocycles. The molecule has 0 spiro atoms. The molecule has 3 N–H and O–H groups in total. The van der Waals surface area contributed by atoms with Gasteiger partial charge in [0.1, 0.15) is 16.3 Å². The summed E-state index contributed by atoms with van der Waals surface area (Å²) in [6.45, 7) is 1.81. The Labute approximate surface area is 186 Å². The number of azo groups is 1. The summed E-state index contributed by atoms with van der Waals surface area (Å²) in [6, 6.07) is 16.7. The number of benzene rings is 4. The number of fused-ring (bicyclic) bond motifs is 2. The lowest BCUT2D eigenvalue weighted by Gasteiger charge is -2.11. The molecule has 0 aliphatic carbocycles. The maximum atomic E-state index is 12.1. The van der Waals surface area contributed by atoms with Crippen LogP contribution in [0.4, 0.5) is 11.4 Å². The first-order valence-corrected chi connectivity index (χ1v) is 11.3. The molecule has 0 amide bonds. The lowest BCUT2D eigenvalue weighted by atomic mass is 10.0. The van der Waals surface area contributed by atoms with E-state index in [2.05, 4.69) is 19.6 Å². The minimum atomic E-state index is -4.64. The van der Waals surface area contributed by atoms with Gasteiger partial charge in [0.2, 0.25) is 0 Å². The molecular weight excluding hydrogens is 456 g/mol. The van der Waals surface area contributed by atoms with Gasteiger partial charge in [-0.15, -0.1) is 14.6 Å². The minimum Gasteiger partial charge on any atom is -0.505 e. The van der Waals surface area contributed by atoms with E-state index in [4.69, 9.17) is 5.26 Å². The summed E-state index contributed by atoms with van der Waals surface area (Å²) in [7, 11) is -4.64. The summed E-state index contributed by atoms with van der Waals surface area (Å²) in [4.78, 5) is -0.160. The molecule has 0 bridgehead atoms. The number of phenolic OH excluding ortho intramolecular Hbond substituents is 1. The van der Waals surface area contributed by atoms with Crippen LogP contribution in [-0.2, 0) is 19.5 Å². The maximum Gasteiger partial charge on any atom is 0.297 e. The summed E-state index contributed by atoms with van der Waals surface area (Å²) < 4.78 is 38.5. The largest absolute Gasteiger partial charge is 0.505 e. The Balaban J connectivity index is 1.93. The van der Waals surface area contributed by atoms with Crippen LogP contribution >= 0.6 is 12.0 Å². The number of hydrogen-bond acceptors (Lipinski definition) is 9. The third kappa shape index (κ3) is 4.17. The fraction of sp³-hybridized carbons (Fsp3) is 0.0476. The first kappa shape index (κ1) is 22.1. The first-order valence-electron chi connectivity index (χ1n) is 9.12. The van der Waals surface area contributed by atoms with Gasteiger partial charge in [-0.2, -0.15) is 8.42 Å². The second-order valence-corrected chi connectivity index (χ2v) is 8.88. The van der Waals surface area contributed by atoms with Crippen LogP contribution in [0.15, 0.2) is 80.7 Å². The molecular formula is C21H16N2O7S2. The van der Waals surface area contributed by atoms with Crippen molar-refractivity contribution in [3.8, 4) is 5.75 Å². The van der Waals surface area contributed by atoms with Crippen LogP contribution in [-0.4, -0.2) is 23.3 Å². The van der Waals surface area contributed by atoms with E-state index in [-0.39, 0.29) is 27.4 Å². The lowest BCUT2D eigenvalue weighted by molar-refractivity contribution is -0.432. The van der Waals surface area contributed by atoms with Gasteiger partial charge in [-0.3, -0.25) is 4.55 Å². The summed E-state index contributed by atoms with van der Waals surface area (Å²) in [6.07, 6.45) is 0. The van der Waals surface area contributed by atoms with Gasteiger partial charge in [0.15, 0.2) is 5.75 Å². The molecule has 0 heterocycles. The molecule has 0 unspecified atom stereocenters. The second kappa shape index (κ2) is 8.82. The van der Waals surface area contributed by atoms with Crippen LogP contribution in [0, 0.1) is 6.92 Å². The van der Waals surface area contributed by atoms with Gasteiger partial charge in [0.25, 0.3) is 10.1 Å². The van der Waals surface area contributed by atoms with Crippen molar-refractivity contribution < 1.29 is 32.7 Å². The monoisotopic (exact) mass is 472 g/mol. The number of aryl methyl sites for hydroxylation is 1. The van der Waals surface area contributed by atoms with Gasteiger partial charge in [0, 0.05) is 10.8 Å². The molecule has 0 aromatic heterocycles. The zero-order chi connectivity index (χ0) is 22.9. The third-order valence-corrected chi connectivity index (χ3v) is 6.38. The SMILES string of the molecule is Cc1cccc2cc(SOOO)c(/N=N\c3ccc4ccccc4c3S(=O)(=O)O)c(O)c12. The molecule has 0 aliphatic rings. The molecule has 4 rings (SSSR count). The van der Waals surface area contributed by atoms with E-state index in [9.17, 15) is 18.1 Å². The van der Waals surface area contributed by atoms with Crippen LogP contribution < -0.4 is 0 Å². The normalized spacial score (nSPS) is 12.2. The van der Waals surface area contributed by atoms with E-state index >= 15 is 0 Å². The minimum absolute atomic E-state index is 0.0386. The summed E-state index contributed by atoms with van der Waals surface area (Å²) in [5, 5.41) is 33.2. The van der Waals surface area contributed by atoms with Crippen LogP contribution in [0.25, 0.3) is 21.5 Å². The molecule has 0 fully saturated rings. The Kier molecular flexibility index (Phi) is 6.11. The van der Waals surface area contributed by atoms with Crippen molar-refractivity contribution >= 4 is 55.1 Å². The summed E-state index contributed by atoms with van der Waals surface area (Å²) in [5.74, 6) is -0.220. The molecule has 4 aromatic carbocycles. The van der Waals surface area contributed by atoms with Crippen molar-refractivity contribution in [2.45, 2.75) is 16.7 Å². The highest BCUT2D eigenvalue weighted by molar-refractivity contribution is 7.94. The highest BCUT2D eigenvalue weighted by Crippen LogP contribution is 2.45. The van der Waals surface area contributed by atoms with Crippen molar-refractivity contribution in [2.75, 3.05) is 0 Å². The first-order chi connectivity index (χ1) is 15.3. The van der Waals surface area contributed by atoms with E-state index in [0.29, 0.717) is 28.2 Å². The number of rotatable bonds is 6. The van der Waals surface area contributed by atoms with Crippen molar-refractivity contribution in [2.24, 2.45) is 10.2 Å². The number of aromatic hydroxyl groups is 1. The Hall–Kier alpha value is -3.06. The van der Waals surface area contributed by atoms with Gasteiger partial charge in [-0.05, 0) is 35.4 Å². The van der Waals surface area contributed by atoms with E-state index in [1.54, 1.807) is 42.5 Å². The van der Waals surface area contributed by atoms with E-state index in [1.165, 1.54) is 6.07 Å². The molecule has 0 saturated carbocycles. The van der Waals surface area contributed by atoms with Crippen molar-refractivity contribution in [3.05, 3.63) is 66.2 Å². The molecule has 9 nitrogen and oxygen atoms in total. The van der Waals surface area contributed by atoms with Gasteiger partial charge < -0.3 is 5.11 Å².